The fourth-order valence-electron chi connectivity index (χ4n) is 1.81. The maximum absolute atomic E-state index is 12.0. The third-order valence-corrected chi connectivity index (χ3v) is 3.83. The van der Waals surface area contributed by atoms with Crippen molar-refractivity contribution in [2.24, 2.45) is 0 Å². The van der Waals surface area contributed by atoms with Gasteiger partial charge in [-0.05, 0) is 42.3 Å². The minimum Gasteiger partial charge on any atom is -0.354 e. The fraction of sp³-hybridized carbons (Fsp3) is 0.462. The molecule has 2 aromatic rings. The number of nitrogens with zero attached hydrogens (tertiary/aromatic N) is 4. The number of halogens is 1. The molecule has 0 bridgehead atoms. The molecule has 1 N–H and O–H groups in total. The van der Waals surface area contributed by atoms with Crippen LogP contribution in [0.5, 0.6) is 0 Å². The molecule has 0 aromatic carbocycles. The van der Waals surface area contributed by atoms with Crippen LogP contribution in [0.3, 0.4) is 0 Å². The van der Waals surface area contributed by atoms with E-state index in [-0.39, 0.29) is 11.9 Å². The third-order valence-electron chi connectivity index (χ3n) is 3.06. The molecule has 0 saturated heterocycles. The van der Waals surface area contributed by atoms with E-state index in [4.69, 9.17) is 0 Å². The number of nitrogens with one attached hydrogen (secondary N) is 1. The van der Waals surface area contributed by atoms with Crippen molar-refractivity contribution < 1.29 is 4.79 Å². The molecule has 2 rings (SSSR count). The van der Waals surface area contributed by atoms with Gasteiger partial charge >= 0.3 is 0 Å². The second kappa shape index (κ2) is 6.69. The van der Waals surface area contributed by atoms with Crippen molar-refractivity contribution >= 4 is 21.8 Å². The summed E-state index contributed by atoms with van der Waals surface area (Å²) in [4.78, 5) is 12.0. The van der Waals surface area contributed by atoms with Gasteiger partial charge in [0.2, 0.25) is 5.91 Å². The van der Waals surface area contributed by atoms with E-state index in [1.165, 1.54) is 0 Å². The Morgan fingerprint density at radius 3 is 2.95 bits per heavy atom. The zero-order chi connectivity index (χ0) is 14.5. The lowest BCUT2D eigenvalue weighted by Gasteiger charge is -2.12. The summed E-state index contributed by atoms with van der Waals surface area (Å²) in [6.45, 7) is 5.16. The number of aromatic nitrogens is 4. The maximum Gasteiger partial charge on any atom is 0.244 e. The second-order valence-corrected chi connectivity index (χ2v) is 5.49. The number of aryl methyl sites for hydroxylation is 2. The number of hydrogen-bond donors (Lipinski definition) is 1. The van der Waals surface area contributed by atoms with Gasteiger partial charge in [-0.2, -0.15) is 10.2 Å². The van der Waals surface area contributed by atoms with Gasteiger partial charge in [-0.3, -0.25) is 14.2 Å². The van der Waals surface area contributed by atoms with E-state index >= 15 is 0 Å². The summed E-state index contributed by atoms with van der Waals surface area (Å²) in [5, 5.41) is 11.3. The van der Waals surface area contributed by atoms with Crippen LogP contribution in [0.15, 0.2) is 29.1 Å². The van der Waals surface area contributed by atoms with Crippen LogP contribution in [-0.4, -0.2) is 32.0 Å². The van der Waals surface area contributed by atoms with Crippen LogP contribution in [0, 0.1) is 6.92 Å². The Morgan fingerprint density at radius 1 is 1.55 bits per heavy atom. The van der Waals surface area contributed by atoms with Crippen LogP contribution in [0.2, 0.25) is 0 Å². The van der Waals surface area contributed by atoms with E-state index in [9.17, 15) is 4.79 Å². The van der Waals surface area contributed by atoms with Gasteiger partial charge in [0.25, 0.3) is 0 Å². The zero-order valence-electron chi connectivity index (χ0n) is 11.6. The quantitative estimate of drug-likeness (QED) is 0.817. The Labute approximate surface area is 126 Å². The Hall–Kier alpha value is -1.63. The van der Waals surface area contributed by atoms with Crippen LogP contribution >= 0.6 is 15.9 Å². The van der Waals surface area contributed by atoms with E-state index in [1.807, 2.05) is 37.0 Å². The smallest absolute Gasteiger partial charge is 0.244 e. The molecule has 2 heterocycles. The molecular weight excluding hydrogens is 322 g/mol. The number of hydrogen-bond acceptors (Lipinski definition) is 3. The van der Waals surface area contributed by atoms with E-state index in [1.54, 1.807) is 10.9 Å². The molecule has 0 aliphatic carbocycles. The maximum atomic E-state index is 12.0. The number of carbonyl (C=O) groups excluding carboxylic acids is 1. The number of amides is 1. The molecule has 0 spiro atoms. The minimum absolute atomic E-state index is 0.0273. The van der Waals surface area contributed by atoms with Crippen LogP contribution in [0.25, 0.3) is 0 Å². The predicted octanol–water partition coefficient (Wildman–Crippen LogP) is 1.92. The highest BCUT2D eigenvalue weighted by Gasteiger charge is 2.16. The van der Waals surface area contributed by atoms with Gasteiger partial charge in [0.05, 0.1) is 10.2 Å². The zero-order valence-corrected chi connectivity index (χ0v) is 13.2. The molecule has 0 radical (unpaired) electrons. The number of carbonyl (C=O) groups is 1. The normalized spacial score (nSPS) is 12.3. The lowest BCUT2D eigenvalue weighted by atomic mass is 10.3. The average molecular weight is 340 g/mol. The van der Waals surface area contributed by atoms with Crippen LogP contribution in [-0.2, 0) is 11.3 Å². The molecule has 7 heteroatoms. The molecule has 1 unspecified atom stereocenters. The standard InChI is InChI=1S/C13H18BrN5O/c1-10-12(14)9-19(17-10)11(2)13(20)15-5-3-7-18-8-4-6-16-18/h4,6,8-9,11H,3,5,7H2,1-2H3,(H,15,20). The molecule has 0 aliphatic heterocycles. The Balaban J connectivity index is 1.76. The van der Waals surface area contributed by atoms with E-state index in [2.05, 4.69) is 31.4 Å². The summed E-state index contributed by atoms with van der Waals surface area (Å²) < 4.78 is 4.43. The lowest BCUT2D eigenvalue weighted by molar-refractivity contribution is -0.124. The molecule has 2 aromatic heterocycles. The van der Waals surface area contributed by atoms with Crippen molar-refractivity contribution in [3.05, 3.63) is 34.8 Å². The first kappa shape index (κ1) is 14.8. The van der Waals surface area contributed by atoms with Crippen LogP contribution in [0.4, 0.5) is 0 Å². The topological polar surface area (TPSA) is 64.7 Å². The second-order valence-electron chi connectivity index (χ2n) is 4.63. The highest BCUT2D eigenvalue weighted by Crippen LogP contribution is 2.16. The van der Waals surface area contributed by atoms with Gasteiger partial charge in [0.15, 0.2) is 0 Å². The first-order valence-electron chi connectivity index (χ1n) is 6.54. The highest BCUT2D eigenvalue weighted by molar-refractivity contribution is 9.10. The van der Waals surface area contributed by atoms with Gasteiger partial charge in [-0.15, -0.1) is 0 Å². The van der Waals surface area contributed by atoms with Crippen molar-refractivity contribution in [3.8, 4) is 0 Å². The lowest BCUT2D eigenvalue weighted by Crippen LogP contribution is -2.32. The molecule has 0 fully saturated rings. The summed E-state index contributed by atoms with van der Waals surface area (Å²) in [5.41, 5.74) is 0.878. The molecule has 108 valence electrons. The average Bonchev–Trinajstić information content (AvgIpc) is 3.04. The van der Waals surface area contributed by atoms with Gasteiger partial charge in [0.1, 0.15) is 6.04 Å². The summed E-state index contributed by atoms with van der Waals surface area (Å²) in [7, 11) is 0. The summed E-state index contributed by atoms with van der Waals surface area (Å²) in [6, 6.07) is 1.57. The molecule has 6 nitrogen and oxygen atoms in total. The molecule has 1 atom stereocenters. The largest absolute Gasteiger partial charge is 0.354 e. The fourth-order valence-corrected chi connectivity index (χ4v) is 2.10. The Bertz CT molecular complexity index is 544. The monoisotopic (exact) mass is 339 g/mol. The Kier molecular flexibility index (Phi) is 4.94. The summed E-state index contributed by atoms with van der Waals surface area (Å²) in [5.74, 6) is -0.0273. The molecule has 1 amide bonds. The van der Waals surface area contributed by atoms with Gasteiger partial charge in [-0.1, -0.05) is 0 Å². The van der Waals surface area contributed by atoms with Crippen molar-refractivity contribution in [1.82, 2.24) is 24.9 Å². The van der Waals surface area contributed by atoms with Gasteiger partial charge < -0.3 is 5.32 Å². The SMILES string of the molecule is Cc1nn(C(C)C(=O)NCCCn2cccn2)cc1Br. The van der Waals surface area contributed by atoms with Crippen molar-refractivity contribution in [2.75, 3.05) is 6.54 Å². The summed E-state index contributed by atoms with van der Waals surface area (Å²) >= 11 is 3.39. The highest BCUT2D eigenvalue weighted by atomic mass is 79.9. The molecule has 20 heavy (non-hydrogen) atoms. The first-order chi connectivity index (χ1) is 9.58. The van der Waals surface area contributed by atoms with E-state index in [0.717, 1.165) is 23.1 Å². The van der Waals surface area contributed by atoms with Crippen LogP contribution < -0.4 is 5.32 Å². The number of rotatable bonds is 6. The first-order valence-corrected chi connectivity index (χ1v) is 7.33. The van der Waals surface area contributed by atoms with Crippen LogP contribution in [0.1, 0.15) is 25.1 Å². The van der Waals surface area contributed by atoms with E-state index in [0.29, 0.717) is 6.54 Å². The minimum atomic E-state index is -0.315. The molecule has 0 saturated carbocycles. The van der Waals surface area contributed by atoms with Gasteiger partial charge in [0, 0.05) is 31.7 Å². The van der Waals surface area contributed by atoms with Gasteiger partial charge in [-0.25, -0.2) is 0 Å². The van der Waals surface area contributed by atoms with Crippen molar-refractivity contribution in [2.45, 2.75) is 32.9 Å². The van der Waals surface area contributed by atoms with Crippen molar-refractivity contribution in [3.63, 3.8) is 0 Å². The summed E-state index contributed by atoms with van der Waals surface area (Å²) in [6.07, 6.45) is 6.33. The third kappa shape index (κ3) is 3.69. The molecular formula is C13H18BrN5O. The molecule has 0 aliphatic rings. The van der Waals surface area contributed by atoms with Crippen molar-refractivity contribution in [1.29, 1.82) is 0 Å². The van der Waals surface area contributed by atoms with E-state index < -0.39 is 0 Å². The predicted molar refractivity (Wildman–Crippen MR) is 79.2 cm³/mol. The Morgan fingerprint density at radius 2 is 2.35 bits per heavy atom.